The van der Waals surface area contributed by atoms with Gasteiger partial charge in [0.1, 0.15) is 5.82 Å². The van der Waals surface area contributed by atoms with Crippen LogP contribution in [-0.4, -0.2) is 0 Å². The first-order chi connectivity index (χ1) is 12.4. The van der Waals surface area contributed by atoms with Crippen molar-refractivity contribution in [2.75, 3.05) is 0 Å². The second kappa shape index (κ2) is 8.13. The monoisotopic (exact) mass is 408 g/mol. The Labute approximate surface area is 160 Å². The molecule has 0 nitrogen and oxygen atoms in total. The van der Waals surface area contributed by atoms with E-state index < -0.39 is 35.0 Å². The molecule has 0 saturated carbocycles. The second-order valence-corrected chi connectivity index (χ2v) is 8.45. The summed E-state index contributed by atoms with van der Waals surface area (Å²) in [6, 6.07) is 5.10. The number of hydrogen-bond donors (Lipinski definition) is 0. The molecule has 0 spiro atoms. The van der Waals surface area contributed by atoms with Crippen LogP contribution in [0, 0.1) is 23.3 Å². The third kappa shape index (κ3) is 6.24. The molecule has 0 aliphatic carbocycles. The van der Waals surface area contributed by atoms with E-state index in [2.05, 4.69) is 0 Å². The van der Waals surface area contributed by atoms with E-state index in [0.29, 0.717) is 11.1 Å². The minimum Gasteiger partial charge on any atom is -0.206 e. The molecule has 0 aromatic heterocycles. The first-order valence-corrected chi connectivity index (χ1v) is 8.47. The van der Waals surface area contributed by atoms with E-state index in [9.17, 15) is 30.7 Å². The van der Waals surface area contributed by atoms with Crippen molar-refractivity contribution in [1.29, 1.82) is 0 Å². The molecule has 0 bridgehead atoms. The zero-order valence-electron chi connectivity index (χ0n) is 16.5. The van der Waals surface area contributed by atoms with Crippen molar-refractivity contribution >= 4 is 0 Å². The summed E-state index contributed by atoms with van der Waals surface area (Å²) in [7, 11) is 0. The van der Waals surface area contributed by atoms with Crippen molar-refractivity contribution in [2.45, 2.75) is 58.5 Å². The van der Waals surface area contributed by atoms with Gasteiger partial charge in [-0.2, -0.15) is 13.2 Å². The topological polar surface area (TPSA) is 0 Å². The van der Waals surface area contributed by atoms with Crippen molar-refractivity contribution in [3.8, 4) is 0 Å². The Balaban J connectivity index is 0.000000283. The van der Waals surface area contributed by atoms with Crippen LogP contribution in [-0.2, 0) is 17.0 Å². The molecular formula is C21H23F7. The fraction of sp³-hybridized carbons (Fsp3) is 0.429. The lowest BCUT2D eigenvalue weighted by Gasteiger charge is -2.20. The van der Waals surface area contributed by atoms with Gasteiger partial charge in [0.25, 0.3) is 0 Å². The SMILES string of the molecule is CC(C)(C)c1cc(F)c(F)c(F)c1.CC(C)(C)c1ccc(C(F)(F)F)c(F)c1. The lowest BCUT2D eigenvalue weighted by molar-refractivity contribution is -0.140. The van der Waals surface area contributed by atoms with Crippen molar-refractivity contribution in [3.05, 3.63) is 70.3 Å². The van der Waals surface area contributed by atoms with Crippen LogP contribution >= 0.6 is 0 Å². The number of halogens is 7. The first-order valence-electron chi connectivity index (χ1n) is 8.47. The standard InChI is InChI=1S/C11H12F4.C10H11F3/c1-10(2,3)7-4-5-8(9(12)6-7)11(13,14)15;1-10(2,3)6-4-7(11)9(13)8(12)5-6/h4-6H,1-3H3;4-5H,1-3H3. The third-order valence-electron chi connectivity index (χ3n) is 3.99. The Hall–Kier alpha value is -2.05. The molecule has 0 radical (unpaired) electrons. The largest absolute Gasteiger partial charge is 0.419 e. The van der Waals surface area contributed by atoms with Gasteiger partial charge in [-0.3, -0.25) is 0 Å². The molecule has 0 N–H and O–H groups in total. The van der Waals surface area contributed by atoms with Crippen LogP contribution in [0.4, 0.5) is 30.7 Å². The molecule has 0 amide bonds. The maximum absolute atomic E-state index is 13.2. The van der Waals surface area contributed by atoms with Crippen LogP contribution in [0.2, 0.25) is 0 Å². The van der Waals surface area contributed by atoms with Gasteiger partial charge in [-0.1, -0.05) is 47.6 Å². The van der Waals surface area contributed by atoms with Gasteiger partial charge in [0, 0.05) is 0 Å². The minimum absolute atomic E-state index is 0.356. The van der Waals surface area contributed by atoms with E-state index in [1.165, 1.54) is 6.07 Å². The molecule has 2 aromatic carbocycles. The van der Waals surface area contributed by atoms with Crippen LogP contribution < -0.4 is 0 Å². The Bertz CT molecular complexity index is 799. The van der Waals surface area contributed by atoms with E-state index in [0.717, 1.165) is 24.3 Å². The van der Waals surface area contributed by atoms with Crippen molar-refractivity contribution in [3.63, 3.8) is 0 Å². The predicted octanol–water partition coefficient (Wildman–Crippen LogP) is 7.54. The van der Waals surface area contributed by atoms with Gasteiger partial charge < -0.3 is 0 Å². The smallest absolute Gasteiger partial charge is 0.206 e. The van der Waals surface area contributed by atoms with Gasteiger partial charge in [-0.05, 0) is 46.2 Å². The quantitative estimate of drug-likeness (QED) is 0.312. The molecule has 0 aliphatic heterocycles. The summed E-state index contributed by atoms with van der Waals surface area (Å²) in [5.41, 5.74) is -0.951. The van der Waals surface area contributed by atoms with Gasteiger partial charge in [0.15, 0.2) is 17.5 Å². The molecule has 0 saturated heterocycles. The summed E-state index contributed by atoms with van der Waals surface area (Å²) in [5, 5.41) is 0. The molecular weight excluding hydrogens is 385 g/mol. The lowest BCUT2D eigenvalue weighted by atomic mass is 9.86. The number of rotatable bonds is 0. The molecule has 0 heterocycles. The number of benzene rings is 2. The highest BCUT2D eigenvalue weighted by atomic mass is 19.4. The Morgan fingerprint density at radius 1 is 0.571 bits per heavy atom. The van der Waals surface area contributed by atoms with Crippen LogP contribution in [0.3, 0.4) is 0 Å². The zero-order chi connectivity index (χ0) is 22.1. The molecule has 2 rings (SSSR count). The van der Waals surface area contributed by atoms with Crippen LogP contribution in [0.5, 0.6) is 0 Å². The average Bonchev–Trinajstić information content (AvgIpc) is 2.49. The van der Waals surface area contributed by atoms with E-state index in [-0.39, 0.29) is 10.8 Å². The average molecular weight is 408 g/mol. The molecule has 28 heavy (non-hydrogen) atoms. The van der Waals surface area contributed by atoms with Gasteiger partial charge in [0.2, 0.25) is 0 Å². The van der Waals surface area contributed by atoms with Crippen LogP contribution in [0.1, 0.15) is 58.2 Å². The normalized spacial score (nSPS) is 12.5. The summed E-state index contributed by atoms with van der Waals surface area (Å²) in [6.45, 7) is 10.9. The summed E-state index contributed by atoms with van der Waals surface area (Å²) in [4.78, 5) is 0. The predicted molar refractivity (Wildman–Crippen MR) is 95.1 cm³/mol. The summed E-state index contributed by atoms with van der Waals surface area (Å²) in [6.07, 6.45) is -4.62. The summed E-state index contributed by atoms with van der Waals surface area (Å²) >= 11 is 0. The van der Waals surface area contributed by atoms with Crippen molar-refractivity contribution < 1.29 is 30.7 Å². The third-order valence-corrected chi connectivity index (χ3v) is 3.99. The van der Waals surface area contributed by atoms with Crippen molar-refractivity contribution in [1.82, 2.24) is 0 Å². The van der Waals surface area contributed by atoms with Crippen LogP contribution in [0.25, 0.3) is 0 Å². The zero-order valence-corrected chi connectivity index (χ0v) is 16.5. The van der Waals surface area contributed by atoms with E-state index in [4.69, 9.17) is 0 Å². The molecule has 0 unspecified atom stereocenters. The van der Waals surface area contributed by atoms with E-state index in [1.807, 2.05) is 20.8 Å². The fourth-order valence-electron chi connectivity index (χ4n) is 2.20. The van der Waals surface area contributed by atoms with Gasteiger partial charge in [-0.25, -0.2) is 17.6 Å². The lowest BCUT2D eigenvalue weighted by Crippen LogP contribution is -2.14. The molecule has 0 fully saturated rings. The fourth-order valence-corrected chi connectivity index (χ4v) is 2.20. The van der Waals surface area contributed by atoms with Gasteiger partial charge in [-0.15, -0.1) is 0 Å². The molecule has 0 aliphatic rings. The Morgan fingerprint density at radius 3 is 1.29 bits per heavy atom. The first kappa shape index (κ1) is 24.0. The van der Waals surface area contributed by atoms with Gasteiger partial charge >= 0.3 is 6.18 Å². The maximum atomic E-state index is 13.2. The Morgan fingerprint density at radius 2 is 0.964 bits per heavy atom. The summed E-state index contributed by atoms with van der Waals surface area (Å²) in [5.74, 6) is -4.89. The van der Waals surface area contributed by atoms with Gasteiger partial charge in [0.05, 0.1) is 5.56 Å². The molecule has 7 heteroatoms. The molecule has 0 atom stereocenters. The highest BCUT2D eigenvalue weighted by Gasteiger charge is 2.34. The Kier molecular flexibility index (Phi) is 6.97. The second-order valence-electron chi connectivity index (χ2n) is 8.45. The minimum atomic E-state index is -4.62. The van der Waals surface area contributed by atoms with E-state index >= 15 is 0 Å². The maximum Gasteiger partial charge on any atom is 0.419 e. The highest BCUT2D eigenvalue weighted by Crippen LogP contribution is 2.33. The number of hydrogen-bond acceptors (Lipinski definition) is 0. The van der Waals surface area contributed by atoms with Crippen LogP contribution in [0.15, 0.2) is 30.3 Å². The molecule has 2 aromatic rings. The molecule has 156 valence electrons. The number of alkyl halides is 3. The van der Waals surface area contributed by atoms with E-state index in [1.54, 1.807) is 20.8 Å². The highest BCUT2D eigenvalue weighted by molar-refractivity contribution is 5.30. The summed E-state index contributed by atoms with van der Waals surface area (Å²) < 4.78 is 87.9. The van der Waals surface area contributed by atoms with Crippen molar-refractivity contribution in [2.24, 2.45) is 0 Å².